The zero-order chi connectivity index (χ0) is 19.8. The lowest BCUT2D eigenvalue weighted by Gasteiger charge is -2.19. The van der Waals surface area contributed by atoms with E-state index in [-0.39, 0.29) is 24.8 Å². The van der Waals surface area contributed by atoms with Crippen LogP contribution in [-0.2, 0) is 11.3 Å². The van der Waals surface area contributed by atoms with Crippen LogP contribution in [0.3, 0.4) is 0 Å². The zero-order valence-electron chi connectivity index (χ0n) is 15.8. The maximum Gasteiger partial charge on any atom is 0.359 e. The van der Waals surface area contributed by atoms with Gasteiger partial charge >= 0.3 is 5.97 Å². The van der Waals surface area contributed by atoms with Gasteiger partial charge in [0.05, 0.1) is 23.5 Å². The van der Waals surface area contributed by atoms with Gasteiger partial charge in [0.2, 0.25) is 0 Å². The number of aromatic nitrogens is 2. The molecule has 0 spiro atoms. The number of carbonyl (C=O) groups is 2. The third-order valence-corrected chi connectivity index (χ3v) is 4.00. The van der Waals surface area contributed by atoms with Gasteiger partial charge in [0, 0.05) is 7.05 Å². The lowest BCUT2D eigenvalue weighted by molar-refractivity contribution is 0.00608. The van der Waals surface area contributed by atoms with E-state index in [1.165, 1.54) is 11.2 Å². The molecule has 0 bridgehead atoms. The fourth-order valence-corrected chi connectivity index (χ4v) is 2.87. The van der Waals surface area contributed by atoms with Crippen LogP contribution in [0.1, 0.15) is 47.3 Å². The third-order valence-electron chi connectivity index (χ3n) is 4.00. The summed E-state index contributed by atoms with van der Waals surface area (Å²) in [6.45, 7) is 4.84. The van der Waals surface area contributed by atoms with Gasteiger partial charge in [0.1, 0.15) is 31.0 Å². The normalized spacial score (nSPS) is 13.7. The Morgan fingerprint density at radius 3 is 2.74 bits per heavy atom. The monoisotopic (exact) mass is 375 g/mol. The molecule has 0 fully saturated rings. The fraction of sp³-hybridized carbons (Fsp3) is 0.421. The van der Waals surface area contributed by atoms with E-state index in [9.17, 15) is 14.0 Å². The molecule has 144 valence electrons. The number of rotatable bonds is 4. The second-order valence-electron chi connectivity index (χ2n) is 7.29. The van der Waals surface area contributed by atoms with Crippen LogP contribution in [-0.4, -0.2) is 52.3 Å². The maximum atomic E-state index is 12.8. The average Bonchev–Trinajstić information content (AvgIpc) is 2.97. The SMILES string of the molecule is CN1Cc2c(C(=O)OC(C)(C)C)ncn2-c2ccc(OCCF)cc2C1=O. The molecule has 27 heavy (non-hydrogen) atoms. The van der Waals surface area contributed by atoms with Gasteiger partial charge in [-0.25, -0.2) is 14.2 Å². The Bertz CT molecular complexity index is 886. The molecule has 1 amide bonds. The first-order valence-electron chi connectivity index (χ1n) is 8.59. The predicted octanol–water partition coefficient (Wildman–Crippen LogP) is 2.76. The minimum absolute atomic E-state index is 0.0814. The Hall–Kier alpha value is -2.90. The van der Waals surface area contributed by atoms with E-state index in [4.69, 9.17) is 9.47 Å². The molecule has 2 aromatic rings. The molecule has 0 saturated carbocycles. The Morgan fingerprint density at radius 1 is 1.33 bits per heavy atom. The van der Waals surface area contributed by atoms with Gasteiger partial charge in [0.15, 0.2) is 5.69 Å². The van der Waals surface area contributed by atoms with Crippen LogP contribution in [0.15, 0.2) is 24.5 Å². The van der Waals surface area contributed by atoms with E-state index < -0.39 is 18.2 Å². The molecule has 3 rings (SSSR count). The second kappa shape index (κ2) is 7.02. The summed E-state index contributed by atoms with van der Waals surface area (Å²) in [6, 6.07) is 4.93. The summed E-state index contributed by atoms with van der Waals surface area (Å²) in [6.07, 6.45) is 1.50. The lowest BCUT2D eigenvalue weighted by atomic mass is 10.1. The van der Waals surface area contributed by atoms with Gasteiger partial charge in [-0.05, 0) is 39.0 Å². The van der Waals surface area contributed by atoms with Gasteiger partial charge in [-0.2, -0.15) is 0 Å². The Morgan fingerprint density at radius 2 is 2.07 bits per heavy atom. The Kier molecular flexibility index (Phi) is 4.91. The van der Waals surface area contributed by atoms with Crippen molar-refractivity contribution >= 4 is 11.9 Å². The molecular formula is C19H22FN3O4. The largest absolute Gasteiger partial charge is 0.491 e. The van der Waals surface area contributed by atoms with Crippen LogP contribution < -0.4 is 4.74 Å². The third kappa shape index (κ3) is 3.79. The van der Waals surface area contributed by atoms with E-state index in [2.05, 4.69) is 4.98 Å². The number of amides is 1. The molecule has 1 aliphatic heterocycles. The summed E-state index contributed by atoms with van der Waals surface area (Å²) in [7, 11) is 1.64. The number of ether oxygens (including phenoxy) is 2. The highest BCUT2D eigenvalue weighted by molar-refractivity contribution is 5.99. The number of fused-ring (bicyclic) bond motifs is 3. The standard InChI is InChI=1S/C19H22FN3O4/c1-19(2,3)27-18(25)16-15-10-22(4)17(24)13-9-12(26-8-7-20)5-6-14(13)23(15)11-21-16/h5-6,9,11H,7-8,10H2,1-4H3. The molecule has 1 aromatic heterocycles. The van der Waals surface area contributed by atoms with Crippen molar-refractivity contribution in [3.8, 4) is 11.4 Å². The van der Waals surface area contributed by atoms with Crippen LogP contribution in [0.2, 0.25) is 0 Å². The first-order chi connectivity index (χ1) is 12.7. The number of alkyl halides is 1. The highest BCUT2D eigenvalue weighted by Gasteiger charge is 2.30. The number of imidazole rings is 1. The number of hydrogen-bond acceptors (Lipinski definition) is 5. The zero-order valence-corrected chi connectivity index (χ0v) is 15.8. The molecule has 0 aliphatic carbocycles. The number of halogens is 1. The van der Waals surface area contributed by atoms with Crippen LogP contribution in [0.4, 0.5) is 4.39 Å². The van der Waals surface area contributed by atoms with Crippen LogP contribution in [0.25, 0.3) is 5.69 Å². The summed E-state index contributed by atoms with van der Waals surface area (Å²) >= 11 is 0. The smallest absolute Gasteiger partial charge is 0.359 e. The predicted molar refractivity (Wildman–Crippen MR) is 96.0 cm³/mol. The summed E-state index contributed by atoms with van der Waals surface area (Å²) in [5.74, 6) is -0.359. The van der Waals surface area contributed by atoms with Crippen molar-refractivity contribution in [1.29, 1.82) is 0 Å². The Balaban J connectivity index is 2.06. The molecule has 8 heteroatoms. The van der Waals surface area contributed by atoms with Crippen LogP contribution >= 0.6 is 0 Å². The average molecular weight is 375 g/mol. The summed E-state index contributed by atoms with van der Waals surface area (Å²) in [4.78, 5) is 31.0. The van der Waals surface area contributed by atoms with E-state index in [1.54, 1.807) is 50.6 Å². The van der Waals surface area contributed by atoms with Crippen molar-refractivity contribution in [3.05, 3.63) is 41.5 Å². The van der Waals surface area contributed by atoms with Crippen molar-refractivity contribution < 1.29 is 23.5 Å². The number of benzene rings is 1. The first-order valence-corrected chi connectivity index (χ1v) is 8.59. The highest BCUT2D eigenvalue weighted by atomic mass is 19.1. The van der Waals surface area contributed by atoms with Gasteiger partial charge in [-0.15, -0.1) is 0 Å². The van der Waals surface area contributed by atoms with E-state index in [1.807, 2.05) is 0 Å². The minimum Gasteiger partial charge on any atom is -0.491 e. The van der Waals surface area contributed by atoms with Gasteiger partial charge in [0.25, 0.3) is 5.91 Å². The van der Waals surface area contributed by atoms with Crippen LogP contribution in [0.5, 0.6) is 5.75 Å². The molecule has 0 unspecified atom stereocenters. The maximum absolute atomic E-state index is 12.8. The molecular weight excluding hydrogens is 353 g/mol. The number of esters is 1. The first kappa shape index (κ1) is 18.9. The number of hydrogen-bond donors (Lipinski definition) is 0. The molecule has 1 aliphatic rings. The van der Waals surface area contributed by atoms with E-state index >= 15 is 0 Å². The quantitative estimate of drug-likeness (QED) is 0.769. The van der Waals surface area contributed by atoms with Crippen molar-refractivity contribution in [1.82, 2.24) is 14.5 Å². The fourth-order valence-electron chi connectivity index (χ4n) is 2.87. The van der Waals surface area contributed by atoms with Gasteiger partial charge in [-0.1, -0.05) is 0 Å². The summed E-state index contributed by atoms with van der Waals surface area (Å²) < 4.78 is 24.8. The van der Waals surface area contributed by atoms with E-state index in [0.717, 1.165) is 0 Å². The number of carbonyl (C=O) groups excluding carboxylic acids is 2. The van der Waals surface area contributed by atoms with Crippen molar-refractivity contribution in [2.45, 2.75) is 32.9 Å². The van der Waals surface area contributed by atoms with Crippen molar-refractivity contribution in [3.63, 3.8) is 0 Å². The highest BCUT2D eigenvalue weighted by Crippen LogP contribution is 2.29. The summed E-state index contributed by atoms with van der Waals surface area (Å²) in [5, 5.41) is 0. The summed E-state index contributed by atoms with van der Waals surface area (Å²) in [5.41, 5.74) is 1.06. The van der Waals surface area contributed by atoms with E-state index in [0.29, 0.717) is 22.7 Å². The molecule has 7 nitrogen and oxygen atoms in total. The van der Waals surface area contributed by atoms with Gasteiger partial charge in [-0.3, -0.25) is 9.36 Å². The number of nitrogens with zero attached hydrogens (tertiary/aromatic N) is 3. The molecule has 0 radical (unpaired) electrons. The van der Waals surface area contributed by atoms with Crippen molar-refractivity contribution in [2.75, 3.05) is 20.3 Å². The van der Waals surface area contributed by atoms with Crippen LogP contribution in [0, 0.1) is 0 Å². The molecule has 1 aromatic carbocycles. The van der Waals surface area contributed by atoms with Gasteiger partial charge < -0.3 is 14.4 Å². The Labute approximate surface area is 156 Å². The topological polar surface area (TPSA) is 73.7 Å². The molecule has 2 heterocycles. The molecule has 0 saturated heterocycles. The van der Waals surface area contributed by atoms with Crippen molar-refractivity contribution in [2.24, 2.45) is 0 Å². The second-order valence-corrected chi connectivity index (χ2v) is 7.29. The lowest BCUT2D eigenvalue weighted by Crippen LogP contribution is -2.27. The molecule has 0 atom stereocenters. The molecule has 0 N–H and O–H groups in total. The minimum atomic E-state index is -0.652.